The molecular formula is C7H12S2. The van der Waals surface area contributed by atoms with Gasteiger partial charge in [-0.2, -0.15) is 0 Å². The average Bonchev–Trinajstić information content (AvgIpc) is 1.83. The molecule has 0 atom stereocenters. The Morgan fingerprint density at radius 1 is 1.33 bits per heavy atom. The summed E-state index contributed by atoms with van der Waals surface area (Å²) in [4.78, 5) is 2.10. The van der Waals surface area contributed by atoms with Gasteiger partial charge in [-0.3, -0.25) is 0 Å². The lowest BCUT2D eigenvalue weighted by Gasteiger charge is -1.88. The van der Waals surface area contributed by atoms with E-state index in [1.165, 1.54) is 0 Å². The maximum absolute atomic E-state index is 4.19. The van der Waals surface area contributed by atoms with E-state index in [1.807, 2.05) is 19.1 Å². The maximum Gasteiger partial charge on any atom is -0.0187 e. The van der Waals surface area contributed by atoms with E-state index >= 15 is 0 Å². The van der Waals surface area contributed by atoms with Crippen molar-refractivity contribution in [3.63, 3.8) is 0 Å². The molecule has 0 heterocycles. The average molecular weight is 160 g/mol. The van der Waals surface area contributed by atoms with E-state index in [2.05, 4.69) is 32.2 Å². The monoisotopic (exact) mass is 160 g/mol. The molecule has 0 radical (unpaired) electrons. The summed E-state index contributed by atoms with van der Waals surface area (Å²) < 4.78 is 0. The molecule has 0 unspecified atom stereocenters. The quantitative estimate of drug-likeness (QED) is 0.450. The Hall–Kier alpha value is 0.180. The molecule has 0 saturated heterocycles. The van der Waals surface area contributed by atoms with Crippen LogP contribution in [0.15, 0.2) is 22.0 Å². The van der Waals surface area contributed by atoms with Gasteiger partial charge in [0.2, 0.25) is 0 Å². The summed E-state index contributed by atoms with van der Waals surface area (Å²) in [6, 6.07) is 0. The summed E-state index contributed by atoms with van der Waals surface area (Å²) in [7, 11) is 0. The van der Waals surface area contributed by atoms with Crippen molar-refractivity contribution in [3.8, 4) is 0 Å². The summed E-state index contributed by atoms with van der Waals surface area (Å²) >= 11 is 8.28. The fourth-order valence-corrected chi connectivity index (χ4v) is 0.484. The van der Waals surface area contributed by atoms with Crippen LogP contribution in [0.5, 0.6) is 0 Å². The summed E-state index contributed by atoms with van der Waals surface area (Å²) in [5.74, 6) is 0. The highest BCUT2D eigenvalue weighted by molar-refractivity contribution is 7.84. The normalized spacial score (nSPS) is 14.2. The van der Waals surface area contributed by atoms with E-state index in [1.54, 1.807) is 0 Å². The topological polar surface area (TPSA) is 0 Å². The first-order chi connectivity index (χ1) is 4.16. The van der Waals surface area contributed by atoms with E-state index in [0.717, 1.165) is 16.2 Å². The van der Waals surface area contributed by atoms with Gasteiger partial charge in [0.15, 0.2) is 0 Å². The van der Waals surface area contributed by atoms with Crippen LogP contribution in [0.3, 0.4) is 0 Å². The molecule has 2 heteroatoms. The third-order valence-corrected chi connectivity index (χ3v) is 1.49. The standard InChI is InChI=1S/C7H12S2/c1-3-7(9)5-4-6(2)8/h4-5,8-9H,3H2,1-2H3/b6-4+,7-5+. The number of thiol groups is 2. The summed E-state index contributed by atoms with van der Waals surface area (Å²) in [6.07, 6.45) is 4.89. The van der Waals surface area contributed by atoms with Gasteiger partial charge in [0.1, 0.15) is 0 Å². The Labute approximate surface area is 67.9 Å². The van der Waals surface area contributed by atoms with Crippen molar-refractivity contribution < 1.29 is 0 Å². The van der Waals surface area contributed by atoms with Gasteiger partial charge >= 0.3 is 0 Å². The minimum atomic E-state index is 0.987. The predicted molar refractivity (Wildman–Crippen MR) is 50.1 cm³/mol. The van der Waals surface area contributed by atoms with Gasteiger partial charge in [0.25, 0.3) is 0 Å². The van der Waals surface area contributed by atoms with Gasteiger partial charge in [-0.05, 0) is 23.2 Å². The summed E-state index contributed by atoms with van der Waals surface area (Å²) in [5.41, 5.74) is 0. The zero-order valence-corrected chi connectivity index (χ0v) is 7.55. The van der Waals surface area contributed by atoms with Crippen LogP contribution in [0.25, 0.3) is 0 Å². The molecule has 0 aliphatic rings. The first kappa shape index (κ1) is 9.18. The zero-order valence-electron chi connectivity index (χ0n) is 5.76. The minimum Gasteiger partial charge on any atom is -0.148 e. The SMILES string of the molecule is CC/C(S)=C\C=C(/C)S. The van der Waals surface area contributed by atoms with E-state index in [-0.39, 0.29) is 0 Å². The third kappa shape index (κ3) is 6.06. The highest BCUT2D eigenvalue weighted by Crippen LogP contribution is 2.06. The first-order valence-electron chi connectivity index (χ1n) is 2.92. The van der Waals surface area contributed by atoms with E-state index in [0.29, 0.717) is 0 Å². The molecule has 52 valence electrons. The third-order valence-electron chi connectivity index (χ3n) is 0.879. The van der Waals surface area contributed by atoms with Gasteiger partial charge < -0.3 is 0 Å². The molecule has 0 nitrogen and oxygen atoms in total. The first-order valence-corrected chi connectivity index (χ1v) is 3.81. The van der Waals surface area contributed by atoms with Gasteiger partial charge in [-0.1, -0.05) is 19.1 Å². The van der Waals surface area contributed by atoms with Gasteiger partial charge in [-0.25, -0.2) is 0 Å². The molecule has 0 rings (SSSR count). The van der Waals surface area contributed by atoms with Gasteiger partial charge in [0, 0.05) is 0 Å². The Morgan fingerprint density at radius 2 is 1.89 bits per heavy atom. The molecule has 0 spiro atoms. The Morgan fingerprint density at radius 3 is 2.22 bits per heavy atom. The number of hydrogen-bond donors (Lipinski definition) is 2. The van der Waals surface area contributed by atoms with Crippen LogP contribution in [0.2, 0.25) is 0 Å². The van der Waals surface area contributed by atoms with Crippen LogP contribution < -0.4 is 0 Å². The lowest BCUT2D eigenvalue weighted by atomic mass is 10.4. The molecular weight excluding hydrogens is 148 g/mol. The maximum atomic E-state index is 4.19. The Balaban J connectivity index is 3.83. The molecule has 0 aromatic carbocycles. The smallest absolute Gasteiger partial charge is 0.0187 e. The lowest BCUT2D eigenvalue weighted by Crippen LogP contribution is -1.64. The molecule has 0 amide bonds. The van der Waals surface area contributed by atoms with Crippen LogP contribution >= 0.6 is 25.3 Å². The fourth-order valence-electron chi connectivity index (χ4n) is 0.335. The molecule has 0 N–H and O–H groups in total. The van der Waals surface area contributed by atoms with Crippen molar-refractivity contribution in [1.82, 2.24) is 0 Å². The van der Waals surface area contributed by atoms with Crippen LogP contribution in [0.4, 0.5) is 0 Å². The van der Waals surface area contributed by atoms with Crippen molar-refractivity contribution in [3.05, 3.63) is 22.0 Å². The summed E-state index contributed by atoms with van der Waals surface area (Å²) in [5, 5.41) is 0. The largest absolute Gasteiger partial charge is 0.148 e. The van der Waals surface area contributed by atoms with Crippen molar-refractivity contribution in [2.24, 2.45) is 0 Å². The fraction of sp³-hybridized carbons (Fsp3) is 0.429. The van der Waals surface area contributed by atoms with Crippen molar-refractivity contribution in [1.29, 1.82) is 0 Å². The number of hydrogen-bond acceptors (Lipinski definition) is 2. The molecule has 0 aromatic heterocycles. The molecule has 9 heavy (non-hydrogen) atoms. The van der Waals surface area contributed by atoms with Crippen LogP contribution in [-0.2, 0) is 0 Å². The van der Waals surface area contributed by atoms with Crippen LogP contribution in [-0.4, -0.2) is 0 Å². The predicted octanol–water partition coefficient (Wildman–Crippen LogP) is 3.04. The van der Waals surface area contributed by atoms with Crippen LogP contribution in [0, 0.1) is 0 Å². The van der Waals surface area contributed by atoms with E-state index in [4.69, 9.17) is 0 Å². The molecule has 0 bridgehead atoms. The van der Waals surface area contributed by atoms with Gasteiger partial charge in [0.05, 0.1) is 0 Å². The second kappa shape index (κ2) is 5.00. The molecule has 0 saturated carbocycles. The van der Waals surface area contributed by atoms with Crippen molar-refractivity contribution >= 4 is 25.3 Å². The van der Waals surface area contributed by atoms with Crippen LogP contribution in [0.1, 0.15) is 20.3 Å². The zero-order chi connectivity index (χ0) is 7.28. The van der Waals surface area contributed by atoms with E-state index < -0.39 is 0 Å². The van der Waals surface area contributed by atoms with Crippen molar-refractivity contribution in [2.45, 2.75) is 20.3 Å². The van der Waals surface area contributed by atoms with E-state index in [9.17, 15) is 0 Å². The number of rotatable bonds is 2. The molecule has 0 aromatic rings. The summed E-state index contributed by atoms with van der Waals surface area (Å²) in [6.45, 7) is 4.01. The lowest BCUT2D eigenvalue weighted by molar-refractivity contribution is 1.20. The highest BCUT2D eigenvalue weighted by atomic mass is 32.1. The molecule has 0 fully saturated rings. The van der Waals surface area contributed by atoms with Crippen molar-refractivity contribution in [2.75, 3.05) is 0 Å². The molecule has 0 aliphatic heterocycles. The number of allylic oxidation sites excluding steroid dienone is 4. The second-order valence-corrected chi connectivity index (χ2v) is 3.10. The molecule has 0 aliphatic carbocycles. The minimum absolute atomic E-state index is 0.987. The highest BCUT2D eigenvalue weighted by Gasteiger charge is 1.79. The Bertz CT molecular complexity index is 130. The second-order valence-electron chi connectivity index (χ2n) is 1.82. The van der Waals surface area contributed by atoms with Gasteiger partial charge in [-0.15, -0.1) is 25.3 Å². The Kier molecular flexibility index (Phi) is 5.10.